The lowest BCUT2D eigenvalue weighted by atomic mass is 9.68. The molecule has 8 unspecified atom stereocenters. The molecule has 3 aromatic rings. The highest BCUT2D eigenvalue weighted by Crippen LogP contribution is 2.58. The average Bonchev–Trinajstić information content (AvgIpc) is 3.62. The summed E-state index contributed by atoms with van der Waals surface area (Å²) in [7, 11) is 2.88. The van der Waals surface area contributed by atoms with Gasteiger partial charge >= 0.3 is 59.7 Å². The van der Waals surface area contributed by atoms with Crippen LogP contribution in [-0.2, 0) is 101 Å². The van der Waals surface area contributed by atoms with Crippen molar-refractivity contribution in [3.63, 3.8) is 0 Å². The number of hydrogen-bond donors (Lipinski definition) is 0. The number of hydrogen-bond acceptors (Lipinski definition) is 24. The molecule has 0 saturated carbocycles. The van der Waals surface area contributed by atoms with Gasteiger partial charge in [-0.1, -0.05) is 36.4 Å². The standard InChI is InChI=1S/C53H60N2O22/c1-26(56)67-24-45(69-28(3)58)47(71-30(5)60)49(73-32(7)62)51(75-34(9)64)54(11)36-17-19-40-43(21-36)77-44-22-37(18-20-41(44)53(40)23-42(66)38-15-13-14-16-39(38)53)55(12)52(76-35(10)65)50(74-33(8)63)48(72-31(6)61)46(70-29(4)59)25-68-27(2)57/h13-22,45-52H,23-25H2,1-12H3. The molecule has 1 aliphatic heterocycles. The Hall–Kier alpha value is -8.57. The van der Waals surface area contributed by atoms with Gasteiger partial charge in [-0.3, -0.25) is 52.7 Å². The lowest BCUT2D eigenvalue weighted by molar-refractivity contribution is -0.202. The van der Waals surface area contributed by atoms with Crippen molar-refractivity contribution in [1.82, 2.24) is 0 Å². The van der Waals surface area contributed by atoms with Crippen molar-refractivity contribution < 1.29 is 105 Å². The van der Waals surface area contributed by atoms with Gasteiger partial charge < -0.3 is 61.9 Å². The lowest BCUT2D eigenvalue weighted by Crippen LogP contribution is -2.57. The lowest BCUT2D eigenvalue weighted by Gasteiger charge is -2.41. The number of Topliss-reactive ketones (excluding diaryl/α,β-unsaturated/α-hetero) is 1. The summed E-state index contributed by atoms with van der Waals surface area (Å²) in [5.74, 6) is -8.94. The van der Waals surface area contributed by atoms with Crippen molar-refractivity contribution in [2.75, 3.05) is 37.1 Å². The number of nitrogens with zero attached hydrogens (tertiary/aromatic N) is 2. The van der Waals surface area contributed by atoms with E-state index in [1.54, 1.807) is 48.5 Å². The molecular formula is C53H60N2O22. The number of benzene rings is 3. The van der Waals surface area contributed by atoms with E-state index in [2.05, 4.69) is 0 Å². The number of anilines is 2. The van der Waals surface area contributed by atoms with Crippen LogP contribution < -0.4 is 14.5 Å². The number of ether oxygens (including phenoxy) is 11. The number of likely N-dealkylation sites (N-methyl/N-ethyl adjacent to an activating group) is 2. The van der Waals surface area contributed by atoms with E-state index in [0.717, 1.165) is 69.2 Å². The molecule has 24 heteroatoms. The van der Waals surface area contributed by atoms with E-state index in [1.165, 1.54) is 36.0 Å². The summed E-state index contributed by atoms with van der Waals surface area (Å²) < 4.78 is 62.1. The molecule has 8 atom stereocenters. The third-order valence-corrected chi connectivity index (χ3v) is 12.0. The summed E-state index contributed by atoms with van der Waals surface area (Å²) in [4.78, 5) is 142. The van der Waals surface area contributed by atoms with Crippen LogP contribution in [0.2, 0.25) is 0 Å². The van der Waals surface area contributed by atoms with Gasteiger partial charge in [0.25, 0.3) is 0 Å². The molecule has 5 rings (SSSR count). The van der Waals surface area contributed by atoms with Crippen LogP contribution in [0.15, 0.2) is 60.7 Å². The fraction of sp³-hybridized carbons (Fsp3) is 0.453. The molecule has 0 amide bonds. The number of carbonyl (C=O) groups is 11. The maximum absolute atomic E-state index is 14.1. The van der Waals surface area contributed by atoms with Gasteiger partial charge in [-0.2, -0.15) is 0 Å². The third-order valence-electron chi connectivity index (χ3n) is 12.0. The van der Waals surface area contributed by atoms with Gasteiger partial charge in [0.05, 0.1) is 5.41 Å². The zero-order valence-corrected chi connectivity index (χ0v) is 44.4. The quantitative estimate of drug-likeness (QED) is 0.0778. The van der Waals surface area contributed by atoms with Crippen molar-refractivity contribution in [3.8, 4) is 11.5 Å². The summed E-state index contributed by atoms with van der Waals surface area (Å²) in [6, 6.07) is 16.6. The van der Waals surface area contributed by atoms with E-state index in [9.17, 15) is 52.7 Å². The molecule has 0 bridgehead atoms. The maximum atomic E-state index is 14.1. The number of rotatable bonds is 22. The first-order chi connectivity index (χ1) is 36.1. The summed E-state index contributed by atoms with van der Waals surface area (Å²) in [5, 5.41) is 0. The Morgan fingerprint density at radius 3 is 1.16 bits per heavy atom. The fourth-order valence-corrected chi connectivity index (χ4v) is 9.24. The molecule has 0 saturated heterocycles. The van der Waals surface area contributed by atoms with Gasteiger partial charge in [-0.15, -0.1) is 0 Å². The SMILES string of the molecule is CC(=O)OCC(OC(C)=O)C(OC(C)=O)C(OC(C)=O)C(OC(C)=O)N(C)c1ccc2c(c1)Oc1cc(N(C)C(OC(C)=O)C(OC(C)=O)C(OC(C)=O)C(COC(C)=O)OC(C)=O)ccc1C21CC(=O)c2ccccc21. The van der Waals surface area contributed by atoms with Crippen molar-refractivity contribution in [2.24, 2.45) is 0 Å². The van der Waals surface area contributed by atoms with E-state index >= 15 is 0 Å². The summed E-state index contributed by atoms with van der Waals surface area (Å²) in [6.07, 6.45) is -13.8. The van der Waals surface area contributed by atoms with Gasteiger partial charge in [0.15, 0.2) is 42.4 Å². The van der Waals surface area contributed by atoms with Crippen LogP contribution in [0.4, 0.5) is 11.4 Å². The Labute approximate surface area is 442 Å². The summed E-state index contributed by atoms with van der Waals surface area (Å²) >= 11 is 0. The molecule has 414 valence electrons. The minimum atomic E-state index is -1.79. The molecule has 1 spiro atoms. The molecule has 1 aliphatic carbocycles. The van der Waals surface area contributed by atoms with Crippen LogP contribution in [0.3, 0.4) is 0 Å². The van der Waals surface area contributed by atoms with Gasteiger partial charge in [0.2, 0.25) is 12.5 Å². The molecule has 0 aromatic heterocycles. The number of ketones is 1. The second kappa shape index (κ2) is 25.3. The van der Waals surface area contributed by atoms with Crippen molar-refractivity contribution >= 4 is 76.9 Å². The maximum Gasteiger partial charge on any atom is 0.304 e. The van der Waals surface area contributed by atoms with Gasteiger partial charge in [-0.05, 0) is 17.7 Å². The third kappa shape index (κ3) is 14.4. The normalized spacial score (nSPS) is 16.9. The average molecular weight is 1080 g/mol. The smallest absolute Gasteiger partial charge is 0.304 e. The molecule has 0 radical (unpaired) electrons. The van der Waals surface area contributed by atoms with E-state index in [4.69, 9.17) is 52.1 Å². The molecule has 77 heavy (non-hydrogen) atoms. The topological polar surface area (TPSA) is 296 Å². The molecule has 2 aliphatic rings. The van der Waals surface area contributed by atoms with E-state index < -0.39 is 127 Å². The van der Waals surface area contributed by atoms with E-state index in [-0.39, 0.29) is 35.1 Å². The first kappa shape index (κ1) is 59.3. The van der Waals surface area contributed by atoms with E-state index in [1.807, 2.05) is 0 Å². The second-order valence-corrected chi connectivity index (χ2v) is 17.9. The Morgan fingerprint density at radius 1 is 0.455 bits per heavy atom. The molecule has 3 aromatic carbocycles. The Bertz CT molecular complexity index is 2650. The monoisotopic (exact) mass is 1080 g/mol. The molecule has 24 nitrogen and oxygen atoms in total. The van der Waals surface area contributed by atoms with Gasteiger partial charge in [-0.25, -0.2) is 0 Å². The number of fused-ring (bicyclic) bond motifs is 6. The summed E-state index contributed by atoms with van der Waals surface area (Å²) in [5.41, 5.74) is 1.20. The van der Waals surface area contributed by atoms with Gasteiger partial charge in [0.1, 0.15) is 24.7 Å². The first-order valence-electron chi connectivity index (χ1n) is 23.8. The summed E-state index contributed by atoms with van der Waals surface area (Å²) in [6.45, 7) is 9.08. The molecular weight excluding hydrogens is 1020 g/mol. The molecule has 0 fully saturated rings. The van der Waals surface area contributed by atoms with Crippen LogP contribution in [0, 0.1) is 0 Å². The van der Waals surface area contributed by atoms with Crippen LogP contribution in [0.1, 0.15) is 103 Å². The Balaban J connectivity index is 1.72. The van der Waals surface area contributed by atoms with Crippen molar-refractivity contribution in [3.05, 3.63) is 82.9 Å². The van der Waals surface area contributed by atoms with Crippen LogP contribution in [-0.4, -0.2) is 142 Å². The highest BCUT2D eigenvalue weighted by molar-refractivity contribution is 6.04. The fourth-order valence-electron chi connectivity index (χ4n) is 9.24. The van der Waals surface area contributed by atoms with Crippen LogP contribution in [0.25, 0.3) is 0 Å². The number of esters is 10. The van der Waals surface area contributed by atoms with Crippen molar-refractivity contribution in [1.29, 1.82) is 0 Å². The second-order valence-electron chi connectivity index (χ2n) is 17.9. The van der Waals surface area contributed by atoms with Crippen LogP contribution >= 0.6 is 0 Å². The predicted molar refractivity (Wildman–Crippen MR) is 263 cm³/mol. The largest absolute Gasteiger partial charge is 0.462 e. The Kier molecular flexibility index (Phi) is 19.5. The predicted octanol–water partition coefficient (Wildman–Crippen LogP) is 4.08. The highest BCUT2D eigenvalue weighted by Gasteiger charge is 2.53. The minimum Gasteiger partial charge on any atom is -0.462 e. The van der Waals surface area contributed by atoms with E-state index in [0.29, 0.717) is 22.3 Å². The minimum absolute atomic E-state index is 0.0941. The molecule has 0 N–H and O–H groups in total. The Morgan fingerprint density at radius 2 is 0.805 bits per heavy atom. The zero-order valence-electron chi connectivity index (χ0n) is 44.4. The number of carbonyl (C=O) groups excluding carboxylic acids is 11. The highest BCUT2D eigenvalue weighted by atomic mass is 16.7. The zero-order chi connectivity index (χ0) is 57.2. The van der Waals surface area contributed by atoms with Gasteiger partial charge in [0, 0.05) is 130 Å². The first-order valence-corrected chi connectivity index (χ1v) is 23.8. The van der Waals surface area contributed by atoms with Crippen LogP contribution in [0.5, 0.6) is 11.5 Å². The molecule has 1 heterocycles. The van der Waals surface area contributed by atoms with Crippen molar-refractivity contribution in [2.45, 2.75) is 130 Å².